The fourth-order valence-electron chi connectivity index (χ4n) is 3.72. The molecule has 1 aromatic heterocycles. The number of aryl methyl sites for hydroxylation is 1. The number of ether oxygens (including phenoxy) is 1. The first-order valence-electron chi connectivity index (χ1n) is 9.61. The number of phenols is 1. The van der Waals surface area contributed by atoms with E-state index < -0.39 is 5.97 Å². The Hall–Kier alpha value is -3.32. The maximum absolute atomic E-state index is 12.6. The highest BCUT2D eigenvalue weighted by Crippen LogP contribution is 2.50. The number of nitrogens with one attached hydrogen (secondary N) is 1. The predicted octanol–water partition coefficient (Wildman–Crippen LogP) is 5.00. The number of carbonyl (C=O) groups excluding carboxylic acids is 1. The van der Waals surface area contributed by atoms with Gasteiger partial charge in [-0.1, -0.05) is 35.9 Å². The van der Waals surface area contributed by atoms with E-state index in [-0.39, 0.29) is 28.9 Å². The lowest BCUT2D eigenvalue weighted by Gasteiger charge is -2.24. The molecular formula is C23H21NO5S. The van der Waals surface area contributed by atoms with Gasteiger partial charge in [0.2, 0.25) is 5.91 Å². The smallest absolute Gasteiger partial charge is 0.346 e. The van der Waals surface area contributed by atoms with Crippen LogP contribution in [0.15, 0.2) is 42.5 Å². The van der Waals surface area contributed by atoms with Crippen molar-refractivity contribution >= 4 is 28.9 Å². The molecular weight excluding hydrogens is 402 g/mol. The molecule has 0 radical (unpaired) electrons. The molecule has 1 aliphatic rings. The minimum absolute atomic E-state index is 0.0267. The van der Waals surface area contributed by atoms with Crippen molar-refractivity contribution in [3.8, 4) is 22.6 Å². The van der Waals surface area contributed by atoms with Crippen LogP contribution in [0.4, 0.5) is 5.69 Å². The molecule has 1 amide bonds. The Balaban J connectivity index is 1.89. The Labute approximate surface area is 177 Å². The number of amides is 1. The molecule has 0 saturated heterocycles. The van der Waals surface area contributed by atoms with E-state index in [1.165, 1.54) is 11.3 Å². The fourth-order valence-corrected chi connectivity index (χ4v) is 4.97. The van der Waals surface area contributed by atoms with Crippen LogP contribution in [-0.4, -0.2) is 28.7 Å². The number of fused-ring (bicyclic) bond motifs is 1. The number of benzene rings is 2. The lowest BCUT2D eigenvalue weighted by atomic mass is 9.88. The molecule has 1 atom stereocenters. The van der Waals surface area contributed by atoms with Crippen molar-refractivity contribution in [3.63, 3.8) is 0 Å². The van der Waals surface area contributed by atoms with Crippen LogP contribution >= 0.6 is 11.3 Å². The summed E-state index contributed by atoms with van der Waals surface area (Å²) in [5.41, 5.74) is 3.69. The summed E-state index contributed by atoms with van der Waals surface area (Å²) in [5, 5.41) is 22.8. The molecule has 154 valence electrons. The Morgan fingerprint density at radius 3 is 2.63 bits per heavy atom. The molecule has 3 aromatic rings. The third-order valence-electron chi connectivity index (χ3n) is 5.13. The highest BCUT2D eigenvalue weighted by Gasteiger charge is 2.34. The van der Waals surface area contributed by atoms with E-state index in [1.807, 2.05) is 38.1 Å². The number of carboxylic acid groups (broad SMARTS) is 1. The van der Waals surface area contributed by atoms with Gasteiger partial charge in [0.1, 0.15) is 4.88 Å². The molecule has 2 aromatic carbocycles. The van der Waals surface area contributed by atoms with E-state index >= 15 is 0 Å². The summed E-state index contributed by atoms with van der Waals surface area (Å²) in [7, 11) is 0. The van der Waals surface area contributed by atoms with Gasteiger partial charge in [-0.3, -0.25) is 4.79 Å². The third kappa shape index (κ3) is 3.52. The summed E-state index contributed by atoms with van der Waals surface area (Å²) in [5.74, 6) is -1.16. The standard InChI is InChI=1S/C23H21NO5S/c1-3-29-17-10-14(8-9-16(17)25)15-11-18(26)24-20-19(13-6-4-12(2)5-7-13)22(23(27)28)30-21(15)20/h4-10,15,25H,3,11H2,1-2H3,(H,24,26)(H,27,28)/t15-/m0/s1. The van der Waals surface area contributed by atoms with Crippen molar-refractivity contribution in [3.05, 3.63) is 63.3 Å². The Morgan fingerprint density at radius 1 is 1.23 bits per heavy atom. The van der Waals surface area contributed by atoms with Crippen molar-refractivity contribution < 1.29 is 24.5 Å². The highest BCUT2D eigenvalue weighted by molar-refractivity contribution is 7.15. The molecule has 3 N–H and O–H groups in total. The maximum Gasteiger partial charge on any atom is 0.346 e. The molecule has 6 nitrogen and oxygen atoms in total. The molecule has 0 spiro atoms. The quantitative estimate of drug-likeness (QED) is 0.537. The van der Waals surface area contributed by atoms with Gasteiger partial charge in [-0.25, -0.2) is 4.79 Å². The molecule has 30 heavy (non-hydrogen) atoms. The average molecular weight is 423 g/mol. The van der Waals surface area contributed by atoms with Crippen LogP contribution in [0.5, 0.6) is 11.5 Å². The van der Waals surface area contributed by atoms with Crippen LogP contribution in [-0.2, 0) is 4.79 Å². The Kier molecular flexibility index (Phi) is 5.22. The van der Waals surface area contributed by atoms with E-state index in [0.29, 0.717) is 23.6 Å². The Bertz CT molecular complexity index is 1130. The van der Waals surface area contributed by atoms with Gasteiger partial charge in [0.25, 0.3) is 0 Å². The summed E-state index contributed by atoms with van der Waals surface area (Å²) < 4.78 is 5.49. The van der Waals surface area contributed by atoms with Crippen molar-refractivity contribution in [1.82, 2.24) is 0 Å². The number of hydrogen-bond acceptors (Lipinski definition) is 5. The number of rotatable bonds is 5. The van der Waals surface area contributed by atoms with E-state index in [0.717, 1.165) is 21.6 Å². The Morgan fingerprint density at radius 2 is 1.97 bits per heavy atom. The monoisotopic (exact) mass is 423 g/mol. The zero-order valence-electron chi connectivity index (χ0n) is 16.6. The largest absolute Gasteiger partial charge is 0.504 e. The molecule has 4 rings (SSSR count). The summed E-state index contributed by atoms with van der Waals surface area (Å²) in [6.45, 7) is 4.18. The van der Waals surface area contributed by atoms with Gasteiger partial charge < -0.3 is 20.3 Å². The second-order valence-corrected chi connectivity index (χ2v) is 8.23. The number of aromatic hydroxyl groups is 1. The van der Waals surface area contributed by atoms with Crippen LogP contribution < -0.4 is 10.1 Å². The van der Waals surface area contributed by atoms with Crippen LogP contribution in [0.3, 0.4) is 0 Å². The minimum atomic E-state index is -1.03. The third-order valence-corrected chi connectivity index (χ3v) is 6.42. The number of carbonyl (C=O) groups is 2. The molecule has 1 aliphatic heterocycles. The van der Waals surface area contributed by atoms with Crippen molar-refractivity contribution in [2.75, 3.05) is 11.9 Å². The summed E-state index contributed by atoms with van der Waals surface area (Å²) >= 11 is 1.18. The molecule has 0 bridgehead atoms. The molecule has 0 unspecified atom stereocenters. The van der Waals surface area contributed by atoms with Gasteiger partial charge in [0, 0.05) is 22.8 Å². The lowest BCUT2D eigenvalue weighted by molar-refractivity contribution is -0.116. The second-order valence-electron chi connectivity index (χ2n) is 7.18. The molecule has 0 aliphatic carbocycles. The zero-order valence-corrected chi connectivity index (χ0v) is 17.4. The maximum atomic E-state index is 12.6. The number of carboxylic acids is 1. The normalized spacial score (nSPS) is 15.4. The van der Waals surface area contributed by atoms with Crippen molar-refractivity contribution in [2.24, 2.45) is 0 Å². The van der Waals surface area contributed by atoms with E-state index in [4.69, 9.17) is 4.74 Å². The van der Waals surface area contributed by atoms with Crippen LogP contribution in [0.1, 0.15) is 44.9 Å². The predicted molar refractivity (Wildman–Crippen MR) is 116 cm³/mol. The van der Waals surface area contributed by atoms with Gasteiger partial charge in [-0.05, 0) is 37.1 Å². The highest BCUT2D eigenvalue weighted by atomic mass is 32.1. The zero-order chi connectivity index (χ0) is 21.4. The van der Waals surface area contributed by atoms with Crippen LogP contribution in [0, 0.1) is 6.92 Å². The van der Waals surface area contributed by atoms with Gasteiger partial charge in [-0.2, -0.15) is 0 Å². The second kappa shape index (κ2) is 7.84. The van der Waals surface area contributed by atoms with Gasteiger partial charge in [-0.15, -0.1) is 11.3 Å². The summed E-state index contributed by atoms with van der Waals surface area (Å²) in [6.07, 6.45) is 0.191. The first kappa shape index (κ1) is 20.0. The minimum Gasteiger partial charge on any atom is -0.504 e. The molecule has 0 fully saturated rings. The van der Waals surface area contributed by atoms with Crippen LogP contribution in [0.2, 0.25) is 0 Å². The van der Waals surface area contributed by atoms with E-state index in [9.17, 15) is 19.8 Å². The van der Waals surface area contributed by atoms with Gasteiger partial charge >= 0.3 is 5.97 Å². The first-order chi connectivity index (χ1) is 14.4. The number of thiophene rings is 1. The molecule has 0 saturated carbocycles. The first-order valence-corrected chi connectivity index (χ1v) is 10.4. The fraction of sp³-hybridized carbons (Fsp3) is 0.217. The number of aromatic carboxylic acids is 1. The summed E-state index contributed by atoms with van der Waals surface area (Å²) in [6, 6.07) is 12.6. The number of hydrogen-bond donors (Lipinski definition) is 3. The summed E-state index contributed by atoms with van der Waals surface area (Å²) in [4.78, 5) is 25.6. The van der Waals surface area contributed by atoms with Crippen molar-refractivity contribution in [2.45, 2.75) is 26.2 Å². The topological polar surface area (TPSA) is 95.9 Å². The van der Waals surface area contributed by atoms with Gasteiger partial charge in [0.05, 0.1) is 12.3 Å². The van der Waals surface area contributed by atoms with Crippen LogP contribution in [0.25, 0.3) is 11.1 Å². The van der Waals surface area contributed by atoms with Gasteiger partial charge in [0.15, 0.2) is 11.5 Å². The van der Waals surface area contributed by atoms with E-state index in [2.05, 4.69) is 5.32 Å². The average Bonchev–Trinajstić information content (AvgIpc) is 3.09. The number of phenolic OH excluding ortho intramolecular Hbond substituents is 1. The lowest BCUT2D eigenvalue weighted by Crippen LogP contribution is -2.22. The van der Waals surface area contributed by atoms with E-state index in [1.54, 1.807) is 18.2 Å². The molecule has 2 heterocycles. The van der Waals surface area contributed by atoms with Crippen molar-refractivity contribution in [1.29, 1.82) is 0 Å². The number of anilines is 1. The SMILES string of the molecule is CCOc1cc([C@@H]2CC(=O)Nc3c2sc(C(=O)O)c3-c2ccc(C)cc2)ccc1O. The molecule has 7 heteroatoms.